The Morgan fingerprint density at radius 3 is 2.72 bits per heavy atom. The Morgan fingerprint density at radius 2 is 2.00 bits per heavy atom. The lowest BCUT2D eigenvalue weighted by molar-refractivity contribution is -0.135. The molecule has 0 aromatic heterocycles. The molecule has 18 heavy (non-hydrogen) atoms. The fourth-order valence-electron chi connectivity index (χ4n) is 5.00. The van der Waals surface area contributed by atoms with Crippen LogP contribution < -0.4 is 0 Å². The molecule has 4 unspecified atom stereocenters. The number of rotatable bonds is 0. The lowest BCUT2D eigenvalue weighted by Gasteiger charge is -2.29. The van der Waals surface area contributed by atoms with Crippen molar-refractivity contribution in [3.8, 4) is 0 Å². The van der Waals surface area contributed by atoms with Crippen molar-refractivity contribution in [1.29, 1.82) is 0 Å². The van der Waals surface area contributed by atoms with Crippen LogP contribution in [0.25, 0.3) is 0 Å². The molecule has 1 spiro atoms. The minimum absolute atomic E-state index is 0.0443. The lowest BCUT2D eigenvalue weighted by Crippen LogP contribution is -2.29. The maximum absolute atomic E-state index is 12.1. The molecular formula is C15H20O3. The molecule has 3 fully saturated rings. The van der Waals surface area contributed by atoms with E-state index in [9.17, 15) is 9.90 Å². The van der Waals surface area contributed by atoms with Gasteiger partial charge in [0.2, 0.25) is 0 Å². The fraction of sp³-hybridized carbons (Fsp3) is 0.800. The molecule has 3 nitrogen and oxygen atoms in total. The first-order valence-corrected chi connectivity index (χ1v) is 6.91. The Kier molecular flexibility index (Phi) is 1.65. The molecule has 3 aliphatic carbocycles. The van der Waals surface area contributed by atoms with E-state index in [4.69, 9.17) is 4.74 Å². The second-order valence-electron chi connectivity index (χ2n) is 7.72. The molecule has 0 amide bonds. The van der Waals surface area contributed by atoms with Crippen molar-refractivity contribution in [2.45, 2.75) is 46.1 Å². The highest BCUT2D eigenvalue weighted by molar-refractivity contribution is 5.95. The minimum atomic E-state index is -0.467. The summed E-state index contributed by atoms with van der Waals surface area (Å²) in [5.41, 5.74) is 1.97. The first-order chi connectivity index (χ1) is 8.31. The summed E-state index contributed by atoms with van der Waals surface area (Å²) in [5, 5.41) is 10.6. The number of cyclic esters (lactones) is 1. The van der Waals surface area contributed by atoms with Crippen LogP contribution in [0.3, 0.4) is 0 Å². The Bertz CT molecular complexity index is 504. The van der Waals surface area contributed by atoms with Gasteiger partial charge in [0.1, 0.15) is 6.61 Å². The van der Waals surface area contributed by atoms with Crippen molar-refractivity contribution in [2.24, 2.45) is 22.2 Å². The SMILES string of the molecule is CC1(C)CC2CC3(C)CC34COC(=O)C4=C2C1O. The van der Waals surface area contributed by atoms with E-state index in [1.165, 1.54) is 0 Å². The molecule has 0 aromatic carbocycles. The smallest absolute Gasteiger partial charge is 0.334 e. The first kappa shape index (κ1) is 11.0. The van der Waals surface area contributed by atoms with Gasteiger partial charge in [-0.25, -0.2) is 4.79 Å². The van der Waals surface area contributed by atoms with E-state index in [-0.39, 0.29) is 22.2 Å². The number of fused-ring (bicyclic) bond motifs is 1. The number of aliphatic hydroxyl groups excluding tert-OH is 1. The maximum atomic E-state index is 12.1. The van der Waals surface area contributed by atoms with Gasteiger partial charge >= 0.3 is 5.97 Å². The summed E-state index contributed by atoms with van der Waals surface area (Å²) in [6.45, 7) is 7.03. The molecule has 98 valence electrons. The Labute approximate surface area is 107 Å². The molecule has 4 rings (SSSR count). The van der Waals surface area contributed by atoms with Gasteiger partial charge in [-0.1, -0.05) is 20.8 Å². The molecule has 0 aromatic rings. The molecule has 4 atom stereocenters. The number of carbonyl (C=O) groups excluding carboxylic acids is 1. The monoisotopic (exact) mass is 248 g/mol. The molecule has 1 aliphatic heterocycles. The van der Waals surface area contributed by atoms with Crippen LogP contribution in [-0.4, -0.2) is 23.8 Å². The van der Waals surface area contributed by atoms with Gasteiger partial charge in [0.15, 0.2) is 0 Å². The number of hydrogen-bond acceptors (Lipinski definition) is 3. The van der Waals surface area contributed by atoms with Crippen molar-refractivity contribution >= 4 is 5.97 Å². The van der Waals surface area contributed by atoms with E-state index < -0.39 is 6.10 Å². The van der Waals surface area contributed by atoms with Gasteiger partial charge in [-0.2, -0.15) is 0 Å². The zero-order valence-corrected chi connectivity index (χ0v) is 11.2. The zero-order valence-electron chi connectivity index (χ0n) is 11.2. The zero-order chi connectivity index (χ0) is 12.9. The number of aliphatic hydroxyl groups is 1. The van der Waals surface area contributed by atoms with Crippen LogP contribution in [0.1, 0.15) is 40.0 Å². The van der Waals surface area contributed by atoms with Crippen LogP contribution in [-0.2, 0) is 9.53 Å². The van der Waals surface area contributed by atoms with Crippen LogP contribution in [0.5, 0.6) is 0 Å². The van der Waals surface area contributed by atoms with Crippen molar-refractivity contribution in [2.75, 3.05) is 6.61 Å². The van der Waals surface area contributed by atoms with E-state index in [1.807, 2.05) is 0 Å². The maximum Gasteiger partial charge on any atom is 0.334 e. The van der Waals surface area contributed by atoms with Crippen molar-refractivity contribution in [1.82, 2.24) is 0 Å². The topological polar surface area (TPSA) is 46.5 Å². The highest BCUT2D eigenvalue weighted by atomic mass is 16.5. The van der Waals surface area contributed by atoms with E-state index in [1.54, 1.807) is 0 Å². The highest BCUT2D eigenvalue weighted by Gasteiger charge is 2.75. The van der Waals surface area contributed by atoms with Crippen LogP contribution in [0.15, 0.2) is 11.1 Å². The van der Waals surface area contributed by atoms with E-state index in [2.05, 4.69) is 20.8 Å². The van der Waals surface area contributed by atoms with Crippen molar-refractivity contribution in [3.05, 3.63) is 11.1 Å². The lowest BCUT2D eigenvalue weighted by atomic mass is 9.73. The molecule has 4 aliphatic rings. The molecule has 0 bridgehead atoms. The first-order valence-electron chi connectivity index (χ1n) is 6.91. The molecule has 2 saturated carbocycles. The quantitative estimate of drug-likeness (QED) is 0.667. The third kappa shape index (κ3) is 0.965. The summed E-state index contributed by atoms with van der Waals surface area (Å²) in [4.78, 5) is 12.1. The predicted octanol–water partition coefficient (Wildman–Crippen LogP) is 2.05. The molecule has 3 heteroatoms. The third-order valence-electron chi connectivity index (χ3n) is 6.09. The molecular weight excluding hydrogens is 228 g/mol. The largest absolute Gasteiger partial charge is 0.461 e. The summed E-state index contributed by atoms with van der Waals surface area (Å²) in [5.74, 6) is 0.228. The van der Waals surface area contributed by atoms with Crippen molar-refractivity contribution in [3.63, 3.8) is 0 Å². The van der Waals surface area contributed by atoms with Gasteiger partial charge in [0.25, 0.3) is 0 Å². The van der Waals surface area contributed by atoms with Gasteiger partial charge in [0.05, 0.1) is 6.10 Å². The fourth-order valence-corrected chi connectivity index (χ4v) is 5.00. The average molecular weight is 248 g/mol. The van der Waals surface area contributed by atoms with E-state index in [0.29, 0.717) is 12.5 Å². The van der Waals surface area contributed by atoms with E-state index in [0.717, 1.165) is 30.4 Å². The van der Waals surface area contributed by atoms with Crippen LogP contribution in [0.4, 0.5) is 0 Å². The van der Waals surface area contributed by atoms with Gasteiger partial charge in [-0.05, 0) is 41.6 Å². The predicted molar refractivity (Wildman–Crippen MR) is 65.7 cm³/mol. The number of hydrogen-bond donors (Lipinski definition) is 1. The summed E-state index contributed by atoms with van der Waals surface area (Å²) in [6.07, 6.45) is 2.70. The Morgan fingerprint density at radius 1 is 1.28 bits per heavy atom. The minimum Gasteiger partial charge on any atom is -0.461 e. The van der Waals surface area contributed by atoms with Crippen molar-refractivity contribution < 1.29 is 14.6 Å². The Hall–Kier alpha value is -0.830. The number of ether oxygens (including phenoxy) is 1. The normalized spacial score (nSPS) is 51.7. The summed E-state index contributed by atoms with van der Waals surface area (Å²) in [7, 11) is 0. The molecule has 1 N–H and O–H groups in total. The number of esters is 1. The summed E-state index contributed by atoms with van der Waals surface area (Å²) in [6, 6.07) is 0. The molecule has 0 radical (unpaired) electrons. The van der Waals surface area contributed by atoms with Gasteiger partial charge < -0.3 is 9.84 Å². The molecule has 1 heterocycles. The average Bonchev–Trinajstić information content (AvgIpc) is 2.64. The molecule has 1 saturated heterocycles. The van der Waals surface area contributed by atoms with Gasteiger partial charge in [-0.3, -0.25) is 0 Å². The van der Waals surface area contributed by atoms with Gasteiger partial charge in [-0.15, -0.1) is 0 Å². The summed E-state index contributed by atoms with van der Waals surface area (Å²) >= 11 is 0. The standard InChI is InChI=1S/C15H20O3/c1-13(2)4-8-5-14(3)6-15(14)7-18-12(17)10(15)9(8)11(13)16/h8,11,16H,4-7H2,1-3H3. The summed E-state index contributed by atoms with van der Waals surface area (Å²) < 4.78 is 5.33. The Balaban J connectivity index is 1.94. The van der Waals surface area contributed by atoms with E-state index >= 15 is 0 Å². The second-order valence-corrected chi connectivity index (χ2v) is 7.72. The second kappa shape index (κ2) is 2.69. The van der Waals surface area contributed by atoms with Crippen LogP contribution >= 0.6 is 0 Å². The third-order valence-corrected chi connectivity index (χ3v) is 6.09. The van der Waals surface area contributed by atoms with Crippen LogP contribution in [0.2, 0.25) is 0 Å². The highest BCUT2D eigenvalue weighted by Crippen LogP contribution is 2.77. The van der Waals surface area contributed by atoms with Gasteiger partial charge in [0, 0.05) is 11.0 Å². The number of carbonyl (C=O) groups is 1. The van der Waals surface area contributed by atoms with Crippen LogP contribution in [0, 0.1) is 22.2 Å².